The summed E-state index contributed by atoms with van der Waals surface area (Å²) in [4.78, 5) is 14.7. The highest BCUT2D eigenvalue weighted by Crippen LogP contribution is 2.32. The Balaban J connectivity index is 1.99. The third-order valence-corrected chi connectivity index (χ3v) is 3.38. The lowest BCUT2D eigenvalue weighted by molar-refractivity contribution is -0.137. The quantitative estimate of drug-likeness (QED) is 0.867. The maximum absolute atomic E-state index is 12.5. The van der Waals surface area contributed by atoms with Crippen molar-refractivity contribution in [2.24, 2.45) is 0 Å². The molecular formula is C15H12ClF3N2O2. The van der Waals surface area contributed by atoms with Crippen LogP contribution in [0.4, 0.5) is 13.2 Å². The number of aromatic carboxylic acids is 1. The highest BCUT2D eigenvalue weighted by molar-refractivity contribution is 6.31. The summed E-state index contributed by atoms with van der Waals surface area (Å²) in [5.74, 6) is -1.13. The average Bonchev–Trinajstić information content (AvgIpc) is 2.48. The van der Waals surface area contributed by atoms with Crippen LogP contribution >= 0.6 is 11.6 Å². The summed E-state index contributed by atoms with van der Waals surface area (Å²) in [6, 6.07) is 7.73. The number of pyridine rings is 1. The summed E-state index contributed by atoms with van der Waals surface area (Å²) in [6.07, 6.45) is -4.43. The van der Waals surface area contributed by atoms with Gasteiger partial charge < -0.3 is 10.4 Å². The van der Waals surface area contributed by atoms with E-state index in [2.05, 4.69) is 10.3 Å². The van der Waals surface area contributed by atoms with Crippen LogP contribution in [-0.2, 0) is 19.3 Å². The third-order valence-electron chi connectivity index (χ3n) is 3.03. The first-order valence-electron chi connectivity index (χ1n) is 6.53. The zero-order valence-electron chi connectivity index (χ0n) is 11.7. The molecule has 0 bridgehead atoms. The fourth-order valence-corrected chi connectivity index (χ4v) is 2.14. The Morgan fingerprint density at radius 3 is 2.57 bits per heavy atom. The molecule has 8 heteroatoms. The van der Waals surface area contributed by atoms with E-state index < -0.39 is 17.7 Å². The van der Waals surface area contributed by atoms with Gasteiger partial charge in [0, 0.05) is 18.1 Å². The largest absolute Gasteiger partial charge is 0.477 e. The lowest BCUT2D eigenvalue weighted by Crippen LogP contribution is -2.15. The highest BCUT2D eigenvalue weighted by Gasteiger charge is 2.30. The lowest BCUT2D eigenvalue weighted by Gasteiger charge is -2.10. The van der Waals surface area contributed by atoms with Gasteiger partial charge in [0.25, 0.3) is 0 Å². The number of halogens is 4. The predicted molar refractivity (Wildman–Crippen MR) is 78.2 cm³/mol. The Morgan fingerprint density at radius 1 is 1.22 bits per heavy atom. The Kier molecular flexibility index (Phi) is 5.23. The highest BCUT2D eigenvalue weighted by atomic mass is 35.5. The van der Waals surface area contributed by atoms with Gasteiger partial charge in [0.1, 0.15) is 5.69 Å². The van der Waals surface area contributed by atoms with Crippen LogP contribution in [0.15, 0.2) is 36.4 Å². The van der Waals surface area contributed by atoms with E-state index >= 15 is 0 Å². The maximum atomic E-state index is 12.5. The number of benzene rings is 1. The Hall–Kier alpha value is -2.12. The summed E-state index contributed by atoms with van der Waals surface area (Å²) < 4.78 is 37.6. The first-order valence-corrected chi connectivity index (χ1v) is 6.91. The van der Waals surface area contributed by atoms with Gasteiger partial charge in [-0.3, -0.25) is 0 Å². The normalized spacial score (nSPS) is 11.5. The van der Waals surface area contributed by atoms with Crippen molar-refractivity contribution < 1.29 is 23.1 Å². The number of alkyl halides is 3. The minimum Gasteiger partial charge on any atom is -0.477 e. The minimum atomic E-state index is -4.43. The summed E-state index contributed by atoms with van der Waals surface area (Å²) in [7, 11) is 0. The van der Waals surface area contributed by atoms with Crippen molar-refractivity contribution in [1.82, 2.24) is 10.3 Å². The minimum absolute atomic E-state index is 0.0135. The first kappa shape index (κ1) is 17.2. The van der Waals surface area contributed by atoms with Gasteiger partial charge in [-0.2, -0.15) is 13.2 Å². The van der Waals surface area contributed by atoms with E-state index in [1.54, 1.807) is 12.1 Å². The van der Waals surface area contributed by atoms with Gasteiger partial charge >= 0.3 is 12.1 Å². The predicted octanol–water partition coefficient (Wildman–Crippen LogP) is 3.74. The monoisotopic (exact) mass is 344 g/mol. The van der Waals surface area contributed by atoms with Gasteiger partial charge in [-0.15, -0.1) is 0 Å². The Bertz CT molecular complexity index is 720. The molecule has 1 aromatic carbocycles. The van der Waals surface area contributed by atoms with Gasteiger partial charge in [0.15, 0.2) is 0 Å². The molecule has 0 radical (unpaired) electrons. The van der Waals surface area contributed by atoms with E-state index in [-0.39, 0.29) is 23.8 Å². The molecule has 0 amide bonds. The summed E-state index contributed by atoms with van der Waals surface area (Å²) >= 11 is 5.85. The standard InChI is InChI=1S/C15H12ClF3N2O2/c16-12-6-10(15(17,18)19)5-4-9(12)7-20-8-11-2-1-3-13(21-11)14(22)23/h1-6,20H,7-8H2,(H,22,23). The number of nitrogens with one attached hydrogen (secondary N) is 1. The van der Waals surface area contributed by atoms with Gasteiger partial charge in [0.2, 0.25) is 0 Å². The van der Waals surface area contributed by atoms with E-state index in [9.17, 15) is 18.0 Å². The molecule has 0 unspecified atom stereocenters. The second-order valence-corrected chi connectivity index (χ2v) is 5.13. The van der Waals surface area contributed by atoms with Crippen molar-refractivity contribution in [3.05, 3.63) is 63.9 Å². The van der Waals surface area contributed by atoms with Crippen molar-refractivity contribution in [2.75, 3.05) is 0 Å². The zero-order chi connectivity index (χ0) is 17.0. The number of nitrogens with zero attached hydrogens (tertiary/aromatic N) is 1. The van der Waals surface area contributed by atoms with Gasteiger partial charge in [-0.25, -0.2) is 9.78 Å². The maximum Gasteiger partial charge on any atom is 0.416 e. The number of carboxylic acids is 1. The fourth-order valence-electron chi connectivity index (χ4n) is 1.89. The second-order valence-electron chi connectivity index (χ2n) is 4.73. The van der Waals surface area contributed by atoms with Crippen LogP contribution in [0.2, 0.25) is 5.02 Å². The average molecular weight is 345 g/mol. The topological polar surface area (TPSA) is 62.2 Å². The van der Waals surface area contributed by atoms with Crippen LogP contribution < -0.4 is 5.32 Å². The molecule has 2 rings (SSSR count). The van der Waals surface area contributed by atoms with E-state index in [4.69, 9.17) is 16.7 Å². The van der Waals surface area contributed by atoms with E-state index in [1.165, 1.54) is 12.1 Å². The Morgan fingerprint density at radius 2 is 1.96 bits per heavy atom. The first-order chi connectivity index (χ1) is 10.8. The van der Waals surface area contributed by atoms with Crippen LogP contribution in [0, 0.1) is 0 Å². The van der Waals surface area contributed by atoms with Crippen molar-refractivity contribution in [2.45, 2.75) is 19.3 Å². The van der Waals surface area contributed by atoms with Crippen LogP contribution in [0.5, 0.6) is 0 Å². The molecule has 1 aromatic heterocycles. The molecule has 2 N–H and O–H groups in total. The number of hydrogen-bond donors (Lipinski definition) is 2. The third kappa shape index (κ3) is 4.67. The molecule has 0 aliphatic rings. The molecule has 0 atom stereocenters. The molecule has 0 saturated carbocycles. The molecule has 4 nitrogen and oxygen atoms in total. The molecule has 0 aliphatic carbocycles. The second kappa shape index (κ2) is 6.97. The zero-order valence-corrected chi connectivity index (χ0v) is 12.4. The number of carbonyl (C=O) groups is 1. The van der Waals surface area contributed by atoms with Crippen molar-refractivity contribution >= 4 is 17.6 Å². The number of rotatable bonds is 5. The van der Waals surface area contributed by atoms with Crippen molar-refractivity contribution in [3.63, 3.8) is 0 Å². The lowest BCUT2D eigenvalue weighted by atomic mass is 10.1. The van der Waals surface area contributed by atoms with Gasteiger partial charge in [-0.1, -0.05) is 23.7 Å². The van der Waals surface area contributed by atoms with E-state index in [0.29, 0.717) is 11.3 Å². The summed E-state index contributed by atoms with van der Waals surface area (Å²) in [5, 5.41) is 11.8. The molecule has 122 valence electrons. The van der Waals surface area contributed by atoms with Gasteiger partial charge in [-0.05, 0) is 29.8 Å². The molecule has 1 heterocycles. The summed E-state index contributed by atoms with van der Waals surface area (Å²) in [5.41, 5.74) is 0.140. The molecule has 0 saturated heterocycles. The van der Waals surface area contributed by atoms with Crippen LogP contribution in [0.3, 0.4) is 0 Å². The number of aromatic nitrogens is 1. The molecule has 23 heavy (non-hydrogen) atoms. The number of hydrogen-bond acceptors (Lipinski definition) is 3. The van der Waals surface area contributed by atoms with Crippen molar-refractivity contribution in [3.8, 4) is 0 Å². The molecule has 0 aliphatic heterocycles. The van der Waals surface area contributed by atoms with Crippen LogP contribution in [0.1, 0.15) is 27.3 Å². The van der Waals surface area contributed by atoms with Crippen molar-refractivity contribution in [1.29, 1.82) is 0 Å². The molecule has 0 fully saturated rings. The van der Waals surface area contributed by atoms with Crippen LogP contribution in [-0.4, -0.2) is 16.1 Å². The van der Waals surface area contributed by atoms with E-state index in [1.807, 2.05) is 0 Å². The fraction of sp³-hybridized carbons (Fsp3) is 0.200. The van der Waals surface area contributed by atoms with Gasteiger partial charge in [0.05, 0.1) is 11.3 Å². The van der Waals surface area contributed by atoms with E-state index in [0.717, 1.165) is 12.1 Å². The van der Waals surface area contributed by atoms with Crippen LogP contribution in [0.25, 0.3) is 0 Å². The molecule has 2 aromatic rings. The smallest absolute Gasteiger partial charge is 0.416 e. The summed E-state index contributed by atoms with van der Waals surface area (Å²) in [6.45, 7) is 0.494. The number of carboxylic acid groups (broad SMARTS) is 1. The molecular weight excluding hydrogens is 333 g/mol. The Labute approximate surface area is 134 Å². The molecule has 0 spiro atoms. The SMILES string of the molecule is O=C(O)c1cccc(CNCc2ccc(C(F)(F)F)cc2Cl)n1.